The van der Waals surface area contributed by atoms with Crippen LogP contribution in [0.15, 0.2) is 41.8 Å². The number of fused-ring (bicyclic) bond motifs is 2. The van der Waals surface area contributed by atoms with E-state index in [0.29, 0.717) is 23.3 Å². The summed E-state index contributed by atoms with van der Waals surface area (Å²) in [5.74, 6) is -1.84. The molecule has 2 aliphatic rings. The summed E-state index contributed by atoms with van der Waals surface area (Å²) in [4.78, 5) is 39.6. The molecule has 4 aromatic rings. The highest BCUT2D eigenvalue weighted by Gasteiger charge is 2.39. The molecule has 2 aliphatic heterocycles. The van der Waals surface area contributed by atoms with Gasteiger partial charge in [0.1, 0.15) is 5.82 Å². The molecule has 9 nitrogen and oxygen atoms in total. The van der Waals surface area contributed by atoms with E-state index in [9.17, 15) is 9.59 Å². The number of nitrogens with zero attached hydrogens (tertiary/aromatic N) is 5. The van der Waals surface area contributed by atoms with Gasteiger partial charge in [0.25, 0.3) is 0 Å². The number of benzene rings is 2. The van der Waals surface area contributed by atoms with Crippen LogP contribution in [0.1, 0.15) is 37.9 Å². The Bertz CT molecular complexity index is 1950. The maximum absolute atomic E-state index is 16.8. The summed E-state index contributed by atoms with van der Waals surface area (Å²) in [5.41, 5.74) is 6.96. The molecule has 6 rings (SSSR count). The molecule has 45 heavy (non-hydrogen) atoms. The van der Waals surface area contributed by atoms with Crippen molar-refractivity contribution in [2.75, 3.05) is 35.6 Å². The third-order valence-corrected chi connectivity index (χ3v) is 9.18. The highest BCUT2D eigenvalue weighted by molar-refractivity contribution is 6.37. The lowest BCUT2D eigenvalue weighted by molar-refractivity contribution is -0.128. The topological polar surface area (TPSA) is 109 Å². The van der Waals surface area contributed by atoms with Crippen LogP contribution in [-0.4, -0.2) is 57.1 Å². The van der Waals surface area contributed by atoms with Crippen LogP contribution in [0.2, 0.25) is 10.0 Å². The molecule has 4 heterocycles. The van der Waals surface area contributed by atoms with Crippen molar-refractivity contribution in [1.29, 1.82) is 0 Å². The molecule has 0 spiro atoms. The fraction of sp³-hybridized carbons (Fsp3) is 0.312. The van der Waals surface area contributed by atoms with Gasteiger partial charge in [0.15, 0.2) is 11.6 Å². The molecule has 2 aromatic heterocycles. The maximum Gasteiger partial charge on any atom is 0.354 e. The van der Waals surface area contributed by atoms with Crippen LogP contribution < -0.4 is 21.6 Å². The first-order chi connectivity index (χ1) is 21.3. The van der Waals surface area contributed by atoms with E-state index in [4.69, 9.17) is 28.9 Å². The zero-order valence-electron chi connectivity index (χ0n) is 25.1. The first kappa shape index (κ1) is 30.8. The summed E-state index contributed by atoms with van der Waals surface area (Å²) in [6.07, 6.45) is 2.92. The van der Waals surface area contributed by atoms with Gasteiger partial charge >= 0.3 is 5.69 Å². The lowest BCUT2D eigenvalue weighted by Gasteiger charge is -2.45. The Balaban J connectivity index is 1.74. The largest absolute Gasteiger partial charge is 0.397 e. The van der Waals surface area contributed by atoms with Gasteiger partial charge in [0, 0.05) is 43.0 Å². The molecule has 2 aromatic carbocycles. The Morgan fingerprint density at radius 1 is 1.20 bits per heavy atom. The van der Waals surface area contributed by atoms with Crippen molar-refractivity contribution in [3.05, 3.63) is 80.5 Å². The zero-order chi connectivity index (χ0) is 32.5. The SMILES string of the molecule is C=CC(=O)N1CC2CNc3c(F)c(-c4c(N)c(Cl)cc(Cl)c4F)cc4c3c(nc(=O)n4-c3c(C)ccnc3C(C)C)N2CC1C. The van der Waals surface area contributed by atoms with E-state index in [1.807, 2.05) is 32.6 Å². The van der Waals surface area contributed by atoms with E-state index in [0.717, 1.165) is 11.6 Å². The van der Waals surface area contributed by atoms with Crippen molar-refractivity contribution in [1.82, 2.24) is 19.4 Å². The van der Waals surface area contributed by atoms with E-state index >= 15 is 8.78 Å². The van der Waals surface area contributed by atoms with Crippen molar-refractivity contribution >= 4 is 57.2 Å². The lowest BCUT2D eigenvalue weighted by Crippen LogP contribution is -2.60. The van der Waals surface area contributed by atoms with Gasteiger partial charge in [-0.05, 0) is 49.6 Å². The normalized spacial score (nSPS) is 17.7. The Hall–Kier alpha value is -4.22. The number of carbonyl (C=O) groups excluding carboxylic acids is 1. The fourth-order valence-corrected chi connectivity index (χ4v) is 6.86. The van der Waals surface area contributed by atoms with Gasteiger partial charge in [0.05, 0.1) is 49.7 Å². The highest BCUT2D eigenvalue weighted by atomic mass is 35.5. The number of nitrogen functional groups attached to an aromatic ring is 1. The van der Waals surface area contributed by atoms with Gasteiger partial charge in [-0.1, -0.05) is 43.6 Å². The summed E-state index contributed by atoms with van der Waals surface area (Å²) in [6, 6.07) is 3.69. The molecule has 0 bridgehead atoms. The second kappa shape index (κ2) is 11.3. The minimum atomic E-state index is -0.953. The van der Waals surface area contributed by atoms with Crippen LogP contribution in [-0.2, 0) is 4.79 Å². The number of anilines is 3. The third kappa shape index (κ3) is 4.80. The first-order valence-electron chi connectivity index (χ1n) is 14.5. The van der Waals surface area contributed by atoms with Gasteiger partial charge in [-0.2, -0.15) is 4.98 Å². The molecule has 234 valence electrons. The summed E-state index contributed by atoms with van der Waals surface area (Å²) < 4.78 is 33.9. The first-order valence-corrected chi connectivity index (χ1v) is 15.2. The van der Waals surface area contributed by atoms with Crippen molar-refractivity contribution in [2.45, 2.75) is 45.7 Å². The molecule has 2 unspecified atom stereocenters. The van der Waals surface area contributed by atoms with E-state index < -0.39 is 17.3 Å². The summed E-state index contributed by atoms with van der Waals surface area (Å²) >= 11 is 12.4. The second-order valence-electron chi connectivity index (χ2n) is 11.8. The van der Waals surface area contributed by atoms with Crippen LogP contribution in [0.25, 0.3) is 27.7 Å². The van der Waals surface area contributed by atoms with E-state index in [2.05, 4.69) is 21.9 Å². The van der Waals surface area contributed by atoms with Gasteiger partial charge in [-0.3, -0.25) is 14.3 Å². The number of aryl methyl sites for hydroxylation is 1. The van der Waals surface area contributed by atoms with Crippen LogP contribution in [0.3, 0.4) is 0 Å². The second-order valence-corrected chi connectivity index (χ2v) is 12.6. The minimum Gasteiger partial charge on any atom is -0.397 e. The summed E-state index contributed by atoms with van der Waals surface area (Å²) in [5, 5.41) is 3.13. The van der Waals surface area contributed by atoms with Crippen molar-refractivity contribution in [3.63, 3.8) is 0 Å². The molecular formula is C32H31Cl2F2N7O2. The van der Waals surface area contributed by atoms with Gasteiger partial charge < -0.3 is 20.9 Å². The maximum atomic E-state index is 16.8. The Kier molecular flexibility index (Phi) is 7.73. The number of amides is 1. The number of nitrogens with two attached hydrogens (primary N) is 1. The molecule has 2 atom stereocenters. The van der Waals surface area contributed by atoms with Gasteiger partial charge in [0.2, 0.25) is 5.91 Å². The number of halogens is 4. The molecule has 0 radical (unpaired) electrons. The molecular weight excluding hydrogens is 623 g/mol. The Morgan fingerprint density at radius 3 is 2.62 bits per heavy atom. The molecule has 0 saturated carbocycles. The number of nitrogens with one attached hydrogen (secondary N) is 1. The van der Waals surface area contributed by atoms with Crippen LogP contribution in [0.5, 0.6) is 0 Å². The number of piperazine rings is 1. The Labute approximate surface area is 268 Å². The predicted octanol–water partition coefficient (Wildman–Crippen LogP) is 6.06. The third-order valence-electron chi connectivity index (χ3n) is 8.59. The van der Waals surface area contributed by atoms with Crippen LogP contribution >= 0.6 is 23.2 Å². The van der Waals surface area contributed by atoms with Crippen molar-refractivity contribution < 1.29 is 13.6 Å². The number of aromatic nitrogens is 3. The average molecular weight is 655 g/mol. The van der Waals surface area contributed by atoms with E-state index in [1.165, 1.54) is 16.7 Å². The predicted molar refractivity (Wildman–Crippen MR) is 175 cm³/mol. The number of hydrogen-bond acceptors (Lipinski definition) is 7. The van der Waals surface area contributed by atoms with Crippen molar-refractivity contribution in [3.8, 4) is 16.8 Å². The molecule has 0 aliphatic carbocycles. The number of pyridine rings is 1. The van der Waals surface area contributed by atoms with E-state index in [1.54, 1.807) is 17.2 Å². The van der Waals surface area contributed by atoms with Gasteiger partial charge in [-0.25, -0.2) is 13.6 Å². The number of hydrogen-bond donors (Lipinski definition) is 2. The molecule has 1 fully saturated rings. The smallest absolute Gasteiger partial charge is 0.354 e. The van der Waals surface area contributed by atoms with Crippen LogP contribution in [0.4, 0.5) is 26.0 Å². The van der Waals surface area contributed by atoms with Gasteiger partial charge in [-0.15, -0.1) is 0 Å². The fourth-order valence-electron chi connectivity index (χ4n) is 6.39. The molecule has 3 N–H and O–H groups in total. The Morgan fingerprint density at radius 2 is 1.93 bits per heavy atom. The summed E-state index contributed by atoms with van der Waals surface area (Å²) in [6.45, 7) is 12.0. The standard InChI is InChI=1S/C32H31Cl2F2N7O2/c1-6-22(44)41-13-17-11-39-29-24-21(9-18(25(29)35)23-26(36)19(33)10-20(34)27(23)37)43(30-15(4)7-8-38-28(30)14(2)3)32(45)40-31(24)42(17)12-16(41)5/h6-10,14,16-17,39H,1,11-13,37H2,2-5H3. The molecule has 1 saturated heterocycles. The average Bonchev–Trinajstić information content (AvgIpc) is 3.15. The molecule has 13 heteroatoms. The number of carbonyl (C=O) groups is 1. The monoisotopic (exact) mass is 653 g/mol. The summed E-state index contributed by atoms with van der Waals surface area (Å²) in [7, 11) is 0. The van der Waals surface area contributed by atoms with Crippen LogP contribution in [0, 0.1) is 18.6 Å². The number of rotatable bonds is 4. The molecule has 1 amide bonds. The highest BCUT2D eigenvalue weighted by Crippen LogP contribution is 2.46. The van der Waals surface area contributed by atoms with E-state index in [-0.39, 0.29) is 80.9 Å². The van der Waals surface area contributed by atoms with Crippen molar-refractivity contribution in [2.24, 2.45) is 0 Å². The zero-order valence-corrected chi connectivity index (χ0v) is 26.6. The minimum absolute atomic E-state index is 0.00457. The lowest BCUT2D eigenvalue weighted by atomic mass is 9.98. The quantitative estimate of drug-likeness (QED) is 0.156.